The van der Waals surface area contributed by atoms with Crippen molar-refractivity contribution in [3.63, 3.8) is 0 Å². The van der Waals surface area contributed by atoms with E-state index in [2.05, 4.69) is 47.9 Å². The Morgan fingerprint density at radius 1 is 1.19 bits per heavy atom. The summed E-state index contributed by atoms with van der Waals surface area (Å²) in [4.78, 5) is 26.4. The largest absolute Gasteiger partial charge is 0.358 e. The monoisotopic (exact) mass is 387 g/mol. The van der Waals surface area contributed by atoms with Gasteiger partial charge in [-0.3, -0.25) is 14.9 Å². The lowest BCUT2D eigenvalue weighted by molar-refractivity contribution is -0.133. The molecule has 0 aliphatic heterocycles. The van der Waals surface area contributed by atoms with E-state index in [1.165, 1.54) is 23.3 Å². The first-order valence-electron chi connectivity index (χ1n) is 9.35. The molecule has 146 valence electrons. The number of hydrogen-bond donors (Lipinski definition) is 2. The average Bonchev–Trinajstić information content (AvgIpc) is 3.21. The highest BCUT2D eigenvalue weighted by Gasteiger charge is 2.18. The van der Waals surface area contributed by atoms with Crippen molar-refractivity contribution >= 4 is 23.2 Å². The van der Waals surface area contributed by atoms with Gasteiger partial charge in [0.2, 0.25) is 11.8 Å². The van der Waals surface area contributed by atoms with Crippen molar-refractivity contribution in [2.24, 2.45) is 0 Å². The highest BCUT2D eigenvalue weighted by atomic mass is 32.1. The summed E-state index contributed by atoms with van der Waals surface area (Å²) >= 11 is 1.67. The summed E-state index contributed by atoms with van der Waals surface area (Å²) in [6, 6.07) is 12.7. The lowest BCUT2D eigenvalue weighted by Crippen LogP contribution is -2.42. The predicted octanol–water partition coefficient (Wildman–Crippen LogP) is 2.97. The van der Waals surface area contributed by atoms with Crippen molar-refractivity contribution in [1.82, 2.24) is 15.5 Å². The summed E-state index contributed by atoms with van der Waals surface area (Å²) in [5.74, 6) is -0.289. The van der Waals surface area contributed by atoms with Gasteiger partial charge in [-0.05, 0) is 35.4 Å². The van der Waals surface area contributed by atoms with Crippen LogP contribution in [0.5, 0.6) is 0 Å². The Labute approximate surface area is 165 Å². The summed E-state index contributed by atoms with van der Waals surface area (Å²) in [5.41, 5.74) is 2.48. The smallest absolute Gasteiger partial charge is 0.239 e. The van der Waals surface area contributed by atoms with Gasteiger partial charge in [0.05, 0.1) is 19.1 Å². The molecule has 0 radical (unpaired) electrons. The van der Waals surface area contributed by atoms with Crippen molar-refractivity contribution in [1.29, 1.82) is 0 Å². The number of aryl methyl sites for hydroxylation is 1. The standard InChI is InChI=1S/C21H29N3O2S/c1-4-5-7-16-9-11-17(12-10-16)21(18-8-6-13-27-18)23-14-20(26)24(3)15-19(25)22-2/h6,8-13,21,23H,4-5,7,14-15H2,1-3H3,(H,22,25)/t21-/m1/s1. The SMILES string of the molecule is CCCCc1ccc([C@@H](NCC(=O)N(C)CC(=O)NC)c2cccs2)cc1. The van der Waals surface area contributed by atoms with Crippen LogP contribution in [0.3, 0.4) is 0 Å². The number of likely N-dealkylation sites (N-methyl/N-ethyl adjacent to an activating group) is 2. The normalized spacial score (nSPS) is 11.8. The van der Waals surface area contributed by atoms with Crippen molar-refractivity contribution in [2.75, 3.05) is 27.2 Å². The first kappa shape index (κ1) is 21.1. The second-order valence-electron chi connectivity index (χ2n) is 6.60. The van der Waals surface area contributed by atoms with E-state index >= 15 is 0 Å². The van der Waals surface area contributed by atoms with Crippen molar-refractivity contribution in [3.05, 3.63) is 57.8 Å². The quantitative estimate of drug-likeness (QED) is 0.659. The zero-order valence-corrected chi connectivity index (χ0v) is 17.1. The maximum absolute atomic E-state index is 12.4. The molecular formula is C21H29N3O2S. The molecule has 0 saturated heterocycles. The average molecular weight is 388 g/mol. The zero-order valence-electron chi connectivity index (χ0n) is 16.3. The molecule has 0 spiro atoms. The molecule has 0 aliphatic rings. The van der Waals surface area contributed by atoms with E-state index in [1.807, 2.05) is 11.4 Å². The minimum Gasteiger partial charge on any atom is -0.358 e. The van der Waals surface area contributed by atoms with E-state index in [1.54, 1.807) is 25.4 Å². The number of nitrogens with zero attached hydrogens (tertiary/aromatic N) is 1. The number of benzene rings is 1. The molecule has 5 nitrogen and oxygen atoms in total. The molecule has 1 aromatic heterocycles. The maximum Gasteiger partial charge on any atom is 0.239 e. The number of amides is 2. The number of thiophene rings is 1. The number of nitrogens with one attached hydrogen (secondary N) is 2. The molecule has 2 amide bonds. The third kappa shape index (κ3) is 6.48. The van der Waals surface area contributed by atoms with Gasteiger partial charge >= 0.3 is 0 Å². The van der Waals surface area contributed by atoms with E-state index in [9.17, 15) is 9.59 Å². The van der Waals surface area contributed by atoms with Crippen molar-refractivity contribution in [3.8, 4) is 0 Å². The van der Waals surface area contributed by atoms with E-state index < -0.39 is 0 Å². The molecule has 0 fully saturated rings. The molecule has 1 heterocycles. The fourth-order valence-corrected chi connectivity index (χ4v) is 3.63. The lowest BCUT2D eigenvalue weighted by Gasteiger charge is -2.21. The summed E-state index contributed by atoms with van der Waals surface area (Å²) < 4.78 is 0. The summed E-state index contributed by atoms with van der Waals surface area (Å²) in [6.07, 6.45) is 3.47. The molecule has 27 heavy (non-hydrogen) atoms. The molecule has 2 N–H and O–H groups in total. The highest BCUT2D eigenvalue weighted by molar-refractivity contribution is 7.10. The van der Waals surface area contributed by atoms with Crippen LogP contribution in [0.1, 0.15) is 41.8 Å². The lowest BCUT2D eigenvalue weighted by atomic mass is 10.0. The molecular weight excluding hydrogens is 358 g/mol. The number of unbranched alkanes of at least 4 members (excludes halogenated alkanes) is 1. The minimum atomic E-state index is -0.177. The Morgan fingerprint density at radius 2 is 1.93 bits per heavy atom. The van der Waals surface area contributed by atoms with Gasteiger partial charge in [0.1, 0.15) is 0 Å². The molecule has 0 unspecified atom stereocenters. The molecule has 0 bridgehead atoms. The third-order valence-corrected chi connectivity index (χ3v) is 5.44. The Balaban J connectivity index is 2.05. The molecule has 6 heteroatoms. The Hall–Kier alpha value is -2.18. The van der Waals surface area contributed by atoms with Crippen LogP contribution < -0.4 is 10.6 Å². The summed E-state index contributed by atoms with van der Waals surface area (Å²) in [7, 11) is 3.21. The van der Waals surface area contributed by atoms with Gasteiger partial charge in [0.25, 0.3) is 0 Å². The Bertz CT molecular complexity index is 714. The summed E-state index contributed by atoms with van der Waals surface area (Å²) in [6.45, 7) is 2.43. The summed E-state index contributed by atoms with van der Waals surface area (Å²) in [5, 5.41) is 7.93. The van der Waals surface area contributed by atoms with E-state index in [-0.39, 0.29) is 30.9 Å². The van der Waals surface area contributed by atoms with Gasteiger partial charge in [0, 0.05) is 19.0 Å². The van der Waals surface area contributed by atoms with Crippen molar-refractivity contribution < 1.29 is 9.59 Å². The topological polar surface area (TPSA) is 61.4 Å². The number of rotatable bonds is 10. The molecule has 1 aromatic carbocycles. The number of hydrogen-bond acceptors (Lipinski definition) is 4. The van der Waals surface area contributed by atoms with Gasteiger partial charge in [-0.15, -0.1) is 11.3 Å². The molecule has 1 atom stereocenters. The minimum absolute atomic E-state index is 0.0393. The van der Waals surface area contributed by atoms with Gasteiger partial charge in [0.15, 0.2) is 0 Å². The van der Waals surface area contributed by atoms with Crippen LogP contribution in [-0.4, -0.2) is 43.9 Å². The zero-order chi connectivity index (χ0) is 19.6. The van der Waals surface area contributed by atoms with Crippen LogP contribution >= 0.6 is 11.3 Å². The van der Waals surface area contributed by atoms with Crippen LogP contribution in [0.25, 0.3) is 0 Å². The van der Waals surface area contributed by atoms with Gasteiger partial charge in [-0.1, -0.05) is 43.7 Å². The molecule has 0 saturated carbocycles. The van der Waals surface area contributed by atoms with E-state index in [0.29, 0.717) is 0 Å². The molecule has 2 aromatic rings. The molecule has 2 rings (SSSR count). The number of carbonyl (C=O) groups excluding carboxylic acids is 2. The van der Waals surface area contributed by atoms with Crippen LogP contribution in [0.4, 0.5) is 0 Å². The van der Waals surface area contributed by atoms with E-state index in [4.69, 9.17) is 0 Å². The van der Waals surface area contributed by atoms with Crippen LogP contribution in [0.15, 0.2) is 41.8 Å². The molecule has 0 aliphatic carbocycles. The van der Waals surface area contributed by atoms with Gasteiger partial charge < -0.3 is 10.2 Å². The van der Waals surface area contributed by atoms with Gasteiger partial charge in [-0.25, -0.2) is 0 Å². The van der Waals surface area contributed by atoms with Gasteiger partial charge in [-0.2, -0.15) is 0 Å². The Kier molecular flexibility index (Phi) is 8.48. The fourth-order valence-electron chi connectivity index (χ4n) is 2.80. The fraction of sp³-hybridized carbons (Fsp3) is 0.429. The highest BCUT2D eigenvalue weighted by Crippen LogP contribution is 2.26. The number of carbonyl (C=O) groups is 2. The van der Waals surface area contributed by atoms with Crippen LogP contribution in [0, 0.1) is 0 Å². The third-order valence-electron chi connectivity index (χ3n) is 4.50. The van der Waals surface area contributed by atoms with Crippen LogP contribution in [0.2, 0.25) is 0 Å². The second-order valence-corrected chi connectivity index (χ2v) is 7.58. The maximum atomic E-state index is 12.4. The van der Waals surface area contributed by atoms with Crippen molar-refractivity contribution in [2.45, 2.75) is 32.2 Å². The second kappa shape index (κ2) is 10.8. The first-order chi connectivity index (χ1) is 13.0. The predicted molar refractivity (Wildman–Crippen MR) is 111 cm³/mol. The van der Waals surface area contributed by atoms with Crippen LogP contribution in [-0.2, 0) is 16.0 Å². The first-order valence-corrected chi connectivity index (χ1v) is 10.2. The Morgan fingerprint density at radius 3 is 2.52 bits per heavy atom. The van der Waals surface area contributed by atoms with E-state index in [0.717, 1.165) is 16.9 Å².